The van der Waals surface area contributed by atoms with Gasteiger partial charge in [-0.15, -0.1) is 0 Å². The van der Waals surface area contributed by atoms with E-state index in [0.29, 0.717) is 11.3 Å². The highest BCUT2D eigenvalue weighted by molar-refractivity contribution is 6.30. The van der Waals surface area contributed by atoms with Gasteiger partial charge in [0.05, 0.1) is 29.0 Å². The van der Waals surface area contributed by atoms with Crippen LogP contribution in [0, 0.1) is 11.3 Å². The number of nitrogens with zero attached hydrogens (tertiary/aromatic N) is 1. The van der Waals surface area contributed by atoms with Crippen molar-refractivity contribution in [3.63, 3.8) is 0 Å². The Morgan fingerprint density at radius 2 is 1.88 bits per heavy atom. The first-order valence-electron chi connectivity index (χ1n) is 6.71. The number of benzene rings is 2. The number of para-hydroxylation sites is 1. The smallest absolute Gasteiger partial charge is 0.375 e. The zero-order valence-electron chi connectivity index (χ0n) is 12.1. The van der Waals surface area contributed by atoms with Gasteiger partial charge in [-0.1, -0.05) is 23.7 Å². The van der Waals surface area contributed by atoms with E-state index in [9.17, 15) is 18.0 Å². The summed E-state index contributed by atoms with van der Waals surface area (Å²) in [6, 6.07) is 11.5. The first-order chi connectivity index (χ1) is 11.3. The summed E-state index contributed by atoms with van der Waals surface area (Å²) in [5.41, 5.74) is -0.664. The molecule has 4 nitrogen and oxygen atoms in total. The molecular formula is C16H11ClF3N3O. The van der Waals surface area contributed by atoms with Crippen LogP contribution < -0.4 is 10.6 Å². The molecule has 0 unspecified atom stereocenters. The predicted molar refractivity (Wildman–Crippen MR) is 84.7 cm³/mol. The van der Waals surface area contributed by atoms with Gasteiger partial charge in [-0.2, -0.15) is 18.4 Å². The van der Waals surface area contributed by atoms with Gasteiger partial charge in [-0.05, 0) is 30.3 Å². The summed E-state index contributed by atoms with van der Waals surface area (Å²) in [5, 5.41) is 13.8. The largest absolute Gasteiger partial charge is 0.418 e. The fourth-order valence-corrected chi connectivity index (χ4v) is 2.14. The Hall–Kier alpha value is -2.72. The normalized spacial score (nSPS) is 10.8. The standard InChI is InChI=1S/C16H11ClF3N3O/c17-11-5-6-14(12(7-11)16(18,19)20)23-15(24)9-22-13-4-2-1-3-10(13)8-21/h1-7,22H,9H2,(H,23,24). The third kappa shape index (κ3) is 4.40. The number of nitrogens with one attached hydrogen (secondary N) is 2. The highest BCUT2D eigenvalue weighted by Crippen LogP contribution is 2.36. The molecule has 0 aliphatic carbocycles. The number of hydrogen-bond acceptors (Lipinski definition) is 3. The van der Waals surface area contributed by atoms with E-state index in [1.165, 1.54) is 6.07 Å². The zero-order valence-corrected chi connectivity index (χ0v) is 12.9. The fraction of sp³-hybridized carbons (Fsp3) is 0.125. The molecule has 8 heteroatoms. The van der Waals surface area contributed by atoms with Crippen molar-refractivity contribution in [1.82, 2.24) is 0 Å². The molecule has 2 N–H and O–H groups in total. The van der Waals surface area contributed by atoms with Gasteiger partial charge in [0.15, 0.2) is 0 Å². The summed E-state index contributed by atoms with van der Waals surface area (Å²) in [5.74, 6) is -0.685. The molecule has 0 fully saturated rings. The van der Waals surface area contributed by atoms with Crippen LogP contribution in [0.4, 0.5) is 24.5 Å². The van der Waals surface area contributed by atoms with Crippen molar-refractivity contribution in [1.29, 1.82) is 5.26 Å². The summed E-state index contributed by atoms with van der Waals surface area (Å²) in [6.07, 6.45) is -4.64. The molecule has 0 bridgehead atoms. The molecule has 0 aliphatic rings. The molecule has 0 radical (unpaired) electrons. The lowest BCUT2D eigenvalue weighted by atomic mass is 10.1. The Morgan fingerprint density at radius 3 is 2.54 bits per heavy atom. The van der Waals surface area contributed by atoms with Gasteiger partial charge in [0, 0.05) is 5.02 Å². The lowest BCUT2D eigenvalue weighted by molar-refractivity contribution is -0.137. The maximum atomic E-state index is 13.0. The molecule has 1 amide bonds. The molecule has 24 heavy (non-hydrogen) atoms. The van der Waals surface area contributed by atoms with Crippen LogP contribution >= 0.6 is 11.6 Å². The van der Waals surface area contributed by atoms with E-state index in [2.05, 4.69) is 10.6 Å². The van der Waals surface area contributed by atoms with Gasteiger partial charge in [0.1, 0.15) is 6.07 Å². The lowest BCUT2D eigenvalue weighted by Crippen LogP contribution is -2.23. The van der Waals surface area contributed by atoms with E-state index in [0.717, 1.165) is 12.1 Å². The van der Waals surface area contributed by atoms with Crippen LogP contribution in [-0.4, -0.2) is 12.5 Å². The second kappa shape index (κ2) is 7.23. The van der Waals surface area contributed by atoms with E-state index in [4.69, 9.17) is 16.9 Å². The van der Waals surface area contributed by atoms with Crippen molar-refractivity contribution in [3.8, 4) is 6.07 Å². The average Bonchev–Trinajstić information content (AvgIpc) is 2.54. The molecule has 0 aromatic heterocycles. The van der Waals surface area contributed by atoms with Crippen LogP contribution in [0.1, 0.15) is 11.1 Å². The van der Waals surface area contributed by atoms with Crippen molar-refractivity contribution in [2.45, 2.75) is 6.18 Å². The van der Waals surface area contributed by atoms with Crippen molar-refractivity contribution < 1.29 is 18.0 Å². The molecule has 0 atom stereocenters. The second-order valence-electron chi connectivity index (χ2n) is 4.75. The van der Waals surface area contributed by atoms with Crippen molar-refractivity contribution >= 4 is 28.9 Å². The molecule has 124 valence electrons. The first-order valence-corrected chi connectivity index (χ1v) is 7.08. The zero-order chi connectivity index (χ0) is 17.7. The second-order valence-corrected chi connectivity index (χ2v) is 5.18. The van der Waals surface area contributed by atoms with Crippen LogP contribution in [0.25, 0.3) is 0 Å². The first kappa shape index (κ1) is 17.6. The molecular weight excluding hydrogens is 343 g/mol. The Kier molecular flexibility index (Phi) is 5.31. The van der Waals surface area contributed by atoms with Crippen LogP contribution in [0.3, 0.4) is 0 Å². The molecule has 0 heterocycles. The number of anilines is 2. The Morgan fingerprint density at radius 1 is 1.17 bits per heavy atom. The third-order valence-corrected chi connectivity index (χ3v) is 3.28. The molecule has 2 aromatic carbocycles. The molecule has 0 saturated heterocycles. The van der Waals surface area contributed by atoms with Crippen LogP contribution in [-0.2, 0) is 11.0 Å². The minimum absolute atomic E-state index is 0.0820. The molecule has 2 rings (SSSR count). The van der Waals surface area contributed by atoms with Gasteiger partial charge < -0.3 is 10.6 Å². The van der Waals surface area contributed by atoms with Gasteiger partial charge in [-0.25, -0.2) is 0 Å². The Bertz CT molecular complexity index is 800. The monoisotopic (exact) mass is 353 g/mol. The number of carbonyl (C=O) groups excluding carboxylic acids is 1. The minimum atomic E-state index is -4.64. The number of carbonyl (C=O) groups is 1. The van der Waals surface area contributed by atoms with Gasteiger partial charge in [-0.3, -0.25) is 4.79 Å². The molecule has 0 saturated carbocycles. The van der Waals surface area contributed by atoms with Gasteiger partial charge in [0.25, 0.3) is 0 Å². The lowest BCUT2D eigenvalue weighted by Gasteiger charge is -2.14. The van der Waals surface area contributed by atoms with Gasteiger partial charge in [0.2, 0.25) is 5.91 Å². The minimum Gasteiger partial charge on any atom is -0.375 e. The average molecular weight is 354 g/mol. The number of hydrogen-bond donors (Lipinski definition) is 2. The Labute approximate surface area is 140 Å². The van der Waals surface area contributed by atoms with E-state index in [-0.39, 0.29) is 17.3 Å². The number of amides is 1. The third-order valence-electron chi connectivity index (χ3n) is 3.05. The summed E-state index contributed by atoms with van der Waals surface area (Å²) in [7, 11) is 0. The molecule has 0 aliphatic heterocycles. The van der Waals surface area contributed by atoms with Gasteiger partial charge >= 0.3 is 6.18 Å². The number of nitriles is 1. The van der Waals surface area contributed by atoms with Crippen LogP contribution in [0.2, 0.25) is 5.02 Å². The fourth-order valence-electron chi connectivity index (χ4n) is 1.96. The molecule has 0 spiro atoms. The number of halogens is 4. The summed E-state index contributed by atoms with van der Waals surface area (Å²) >= 11 is 5.58. The van der Waals surface area contributed by atoms with E-state index in [1.807, 2.05) is 6.07 Å². The van der Waals surface area contributed by atoms with E-state index < -0.39 is 17.6 Å². The SMILES string of the molecule is N#Cc1ccccc1NCC(=O)Nc1ccc(Cl)cc1C(F)(F)F. The highest BCUT2D eigenvalue weighted by atomic mass is 35.5. The number of alkyl halides is 3. The highest BCUT2D eigenvalue weighted by Gasteiger charge is 2.34. The van der Waals surface area contributed by atoms with E-state index >= 15 is 0 Å². The maximum Gasteiger partial charge on any atom is 0.418 e. The van der Waals surface area contributed by atoms with Crippen LogP contribution in [0.5, 0.6) is 0 Å². The summed E-state index contributed by atoms with van der Waals surface area (Å²) < 4.78 is 38.9. The Balaban J connectivity index is 2.10. The van der Waals surface area contributed by atoms with E-state index in [1.54, 1.807) is 24.3 Å². The van der Waals surface area contributed by atoms with Crippen molar-refractivity contribution in [2.24, 2.45) is 0 Å². The van der Waals surface area contributed by atoms with Crippen molar-refractivity contribution in [2.75, 3.05) is 17.2 Å². The topological polar surface area (TPSA) is 64.9 Å². The quantitative estimate of drug-likeness (QED) is 0.862. The van der Waals surface area contributed by atoms with Crippen molar-refractivity contribution in [3.05, 3.63) is 58.6 Å². The predicted octanol–water partition coefficient (Wildman–Crippen LogP) is 4.28. The summed E-state index contributed by atoms with van der Waals surface area (Å²) in [6.45, 7) is -0.293. The molecule has 2 aromatic rings. The number of rotatable bonds is 4. The maximum absolute atomic E-state index is 13.0. The van der Waals surface area contributed by atoms with Crippen LogP contribution in [0.15, 0.2) is 42.5 Å². The summed E-state index contributed by atoms with van der Waals surface area (Å²) in [4.78, 5) is 11.9.